The van der Waals surface area contributed by atoms with E-state index in [1.165, 1.54) is 23.7 Å². The fourth-order valence-corrected chi connectivity index (χ4v) is 2.77. The van der Waals surface area contributed by atoms with E-state index < -0.39 is 10.5 Å². The molecule has 1 aromatic rings. The molecule has 7 heteroatoms. The average Bonchev–Trinajstić information content (AvgIpc) is 2.82. The van der Waals surface area contributed by atoms with Crippen LogP contribution in [0.2, 0.25) is 0 Å². The number of nitrogens with one attached hydrogen (secondary N) is 1. The molecule has 1 aliphatic carbocycles. The summed E-state index contributed by atoms with van der Waals surface area (Å²) in [5.74, 6) is -0.506. The second-order valence-corrected chi connectivity index (χ2v) is 5.35. The Morgan fingerprint density at radius 1 is 1.45 bits per heavy atom. The maximum Gasteiger partial charge on any atom is 0.323 e. The Hall–Kier alpha value is -1.89. The van der Waals surface area contributed by atoms with Crippen molar-refractivity contribution in [2.75, 3.05) is 6.61 Å². The largest absolute Gasteiger partial charge is 0.394 e. The topological polar surface area (TPSA) is 97.4 Å². The lowest BCUT2D eigenvalue weighted by Crippen LogP contribution is -2.52. The lowest BCUT2D eigenvalue weighted by atomic mass is 9.82. The van der Waals surface area contributed by atoms with Gasteiger partial charge in [0.25, 0.3) is 5.91 Å². The highest BCUT2D eigenvalue weighted by atomic mass is 16.6. The summed E-state index contributed by atoms with van der Waals surface area (Å²) in [5, 5.41) is 23.2. The lowest BCUT2D eigenvalue weighted by molar-refractivity contribution is -0.391. The van der Waals surface area contributed by atoms with Gasteiger partial charge in [-0.2, -0.15) is 0 Å². The summed E-state index contributed by atoms with van der Waals surface area (Å²) in [7, 11) is 1.49. The number of aromatic nitrogens is 1. The molecule has 0 atom stereocenters. The molecule has 1 aromatic heterocycles. The van der Waals surface area contributed by atoms with Crippen molar-refractivity contribution in [2.24, 2.45) is 7.05 Å². The molecule has 1 aliphatic rings. The fraction of sp³-hybridized carbons (Fsp3) is 0.615. The highest BCUT2D eigenvalue weighted by Gasteiger charge is 2.34. The number of aliphatic hydroxyl groups is 1. The summed E-state index contributed by atoms with van der Waals surface area (Å²) in [6.45, 7) is -0.106. The van der Waals surface area contributed by atoms with Crippen LogP contribution in [0, 0.1) is 10.1 Å². The first-order valence-corrected chi connectivity index (χ1v) is 6.72. The maximum atomic E-state index is 12.3. The van der Waals surface area contributed by atoms with Crippen LogP contribution in [0.5, 0.6) is 0 Å². The second kappa shape index (κ2) is 5.62. The van der Waals surface area contributed by atoms with Crippen molar-refractivity contribution >= 4 is 11.7 Å². The van der Waals surface area contributed by atoms with Crippen molar-refractivity contribution in [2.45, 2.75) is 37.6 Å². The number of aliphatic hydroxyl groups excluding tert-OH is 1. The van der Waals surface area contributed by atoms with E-state index in [9.17, 15) is 20.0 Å². The van der Waals surface area contributed by atoms with Gasteiger partial charge in [-0.15, -0.1) is 0 Å². The van der Waals surface area contributed by atoms with Crippen LogP contribution >= 0.6 is 0 Å². The summed E-state index contributed by atoms with van der Waals surface area (Å²) in [5.41, 5.74) is -0.357. The van der Waals surface area contributed by atoms with Gasteiger partial charge < -0.3 is 20.5 Å². The van der Waals surface area contributed by atoms with E-state index in [0.717, 1.165) is 32.1 Å². The highest BCUT2D eigenvalue weighted by Crippen LogP contribution is 2.28. The third-order valence-corrected chi connectivity index (χ3v) is 4.01. The molecular formula is C13H19N3O4. The monoisotopic (exact) mass is 281 g/mol. The normalized spacial score (nSPS) is 17.7. The maximum absolute atomic E-state index is 12.3. The van der Waals surface area contributed by atoms with E-state index in [2.05, 4.69) is 5.32 Å². The van der Waals surface area contributed by atoms with E-state index in [0.29, 0.717) is 0 Å². The Balaban J connectivity index is 2.17. The second-order valence-electron chi connectivity index (χ2n) is 5.35. The first-order valence-electron chi connectivity index (χ1n) is 6.72. The number of hydrogen-bond acceptors (Lipinski definition) is 4. The molecule has 0 saturated heterocycles. The van der Waals surface area contributed by atoms with Gasteiger partial charge in [0.05, 0.1) is 19.2 Å². The Kier molecular flexibility index (Phi) is 4.08. The lowest BCUT2D eigenvalue weighted by Gasteiger charge is -2.36. The van der Waals surface area contributed by atoms with E-state index in [1.807, 2.05) is 0 Å². The Morgan fingerprint density at radius 3 is 2.60 bits per heavy atom. The molecule has 2 N–H and O–H groups in total. The molecule has 1 fully saturated rings. The smallest absolute Gasteiger partial charge is 0.323 e. The summed E-state index contributed by atoms with van der Waals surface area (Å²) < 4.78 is 1.25. The Bertz CT molecular complexity index is 518. The first kappa shape index (κ1) is 14.5. The van der Waals surface area contributed by atoms with Crippen molar-refractivity contribution in [1.29, 1.82) is 0 Å². The van der Waals surface area contributed by atoms with Crippen LogP contribution in [-0.2, 0) is 7.05 Å². The minimum Gasteiger partial charge on any atom is -0.394 e. The standard InChI is InChI=1S/C13H19N3O4/c1-15-10(5-6-11(15)16(19)20)12(18)14-13(9-17)7-3-2-4-8-13/h5-6,17H,2-4,7-9H2,1H3,(H,14,18). The van der Waals surface area contributed by atoms with Crippen LogP contribution in [-0.4, -0.2) is 32.6 Å². The van der Waals surface area contributed by atoms with Gasteiger partial charge in [0.15, 0.2) is 5.69 Å². The fourth-order valence-electron chi connectivity index (χ4n) is 2.77. The first-order chi connectivity index (χ1) is 9.49. The van der Waals surface area contributed by atoms with Crippen molar-refractivity contribution in [3.63, 3.8) is 0 Å². The molecular weight excluding hydrogens is 262 g/mol. The number of carbonyl (C=O) groups is 1. The molecule has 0 spiro atoms. The van der Waals surface area contributed by atoms with Crippen LogP contribution in [0.1, 0.15) is 42.6 Å². The third-order valence-electron chi connectivity index (χ3n) is 4.01. The van der Waals surface area contributed by atoms with Gasteiger partial charge >= 0.3 is 5.82 Å². The van der Waals surface area contributed by atoms with Gasteiger partial charge in [0.2, 0.25) is 0 Å². The van der Waals surface area contributed by atoms with E-state index >= 15 is 0 Å². The predicted molar refractivity (Wildman–Crippen MR) is 72.4 cm³/mol. The highest BCUT2D eigenvalue weighted by molar-refractivity contribution is 5.93. The van der Waals surface area contributed by atoms with Gasteiger partial charge in [-0.25, -0.2) is 4.57 Å². The van der Waals surface area contributed by atoms with E-state index in [1.54, 1.807) is 0 Å². The van der Waals surface area contributed by atoms with Crippen LogP contribution in [0.3, 0.4) is 0 Å². The van der Waals surface area contributed by atoms with Gasteiger partial charge in [-0.1, -0.05) is 19.3 Å². The van der Waals surface area contributed by atoms with Crippen molar-refractivity contribution in [3.8, 4) is 0 Å². The molecule has 1 amide bonds. The zero-order valence-electron chi connectivity index (χ0n) is 11.5. The van der Waals surface area contributed by atoms with Gasteiger partial charge in [-0.05, 0) is 23.8 Å². The number of carbonyl (C=O) groups excluding carboxylic acids is 1. The Morgan fingerprint density at radius 2 is 2.10 bits per heavy atom. The zero-order chi connectivity index (χ0) is 14.8. The molecule has 1 saturated carbocycles. The van der Waals surface area contributed by atoms with Crippen molar-refractivity contribution < 1.29 is 14.8 Å². The molecule has 110 valence electrons. The molecule has 0 bridgehead atoms. The van der Waals surface area contributed by atoms with Crippen molar-refractivity contribution in [3.05, 3.63) is 27.9 Å². The summed E-state index contributed by atoms with van der Waals surface area (Å²) in [6.07, 6.45) is 4.51. The number of hydrogen-bond donors (Lipinski definition) is 2. The number of amides is 1. The molecule has 0 aromatic carbocycles. The zero-order valence-corrected chi connectivity index (χ0v) is 11.5. The molecule has 0 unspecified atom stereocenters. The van der Waals surface area contributed by atoms with Gasteiger partial charge in [-0.3, -0.25) is 4.79 Å². The van der Waals surface area contributed by atoms with Gasteiger partial charge in [0, 0.05) is 6.07 Å². The molecule has 7 nitrogen and oxygen atoms in total. The van der Waals surface area contributed by atoms with Crippen molar-refractivity contribution in [1.82, 2.24) is 9.88 Å². The number of rotatable bonds is 4. The summed E-state index contributed by atoms with van der Waals surface area (Å²) >= 11 is 0. The van der Waals surface area contributed by atoms with Crippen LogP contribution in [0.4, 0.5) is 5.82 Å². The minimum absolute atomic E-state index is 0.106. The van der Waals surface area contributed by atoms with Crippen LogP contribution in [0.25, 0.3) is 0 Å². The van der Waals surface area contributed by atoms with Gasteiger partial charge in [0.1, 0.15) is 0 Å². The third kappa shape index (κ3) is 2.67. The average molecular weight is 281 g/mol. The number of nitrogens with zero attached hydrogens (tertiary/aromatic N) is 2. The van der Waals surface area contributed by atoms with E-state index in [-0.39, 0.29) is 24.0 Å². The molecule has 0 radical (unpaired) electrons. The molecule has 0 aliphatic heterocycles. The number of nitro groups is 1. The molecule has 20 heavy (non-hydrogen) atoms. The summed E-state index contributed by atoms with van der Waals surface area (Å²) in [4.78, 5) is 22.5. The van der Waals surface area contributed by atoms with Crippen LogP contribution in [0.15, 0.2) is 12.1 Å². The Labute approximate surface area is 116 Å². The summed E-state index contributed by atoms with van der Waals surface area (Å²) in [6, 6.07) is 2.74. The minimum atomic E-state index is -0.589. The quantitative estimate of drug-likeness (QED) is 0.643. The van der Waals surface area contributed by atoms with Crippen LogP contribution < -0.4 is 5.32 Å². The predicted octanol–water partition coefficient (Wildman–Crippen LogP) is 1.36. The van der Waals surface area contributed by atoms with E-state index in [4.69, 9.17) is 0 Å². The molecule has 2 rings (SSSR count). The SMILES string of the molecule is Cn1c(C(=O)NC2(CO)CCCCC2)ccc1[N+](=O)[O-]. The molecule has 1 heterocycles.